The van der Waals surface area contributed by atoms with Gasteiger partial charge in [0.25, 0.3) is 5.91 Å². The number of aromatic carboxylic acids is 1. The molecular formula is C13H17NO3S2. The second-order valence-electron chi connectivity index (χ2n) is 4.66. The van der Waals surface area contributed by atoms with Gasteiger partial charge in [0.1, 0.15) is 4.88 Å². The van der Waals surface area contributed by atoms with Crippen molar-refractivity contribution in [3.05, 3.63) is 21.9 Å². The van der Waals surface area contributed by atoms with Crippen LogP contribution in [0.15, 0.2) is 12.1 Å². The number of thioether (sulfide) groups is 1. The van der Waals surface area contributed by atoms with E-state index in [4.69, 9.17) is 5.11 Å². The zero-order chi connectivity index (χ0) is 13.8. The molecule has 1 aliphatic rings. The number of thiophene rings is 1. The Balaban J connectivity index is 1.94. The van der Waals surface area contributed by atoms with E-state index in [9.17, 15) is 9.59 Å². The first-order valence-corrected chi connectivity index (χ1v) is 8.37. The van der Waals surface area contributed by atoms with Crippen LogP contribution in [-0.2, 0) is 0 Å². The van der Waals surface area contributed by atoms with Gasteiger partial charge in [-0.25, -0.2) is 4.79 Å². The fraction of sp³-hybridized carbons (Fsp3) is 0.538. The Morgan fingerprint density at radius 3 is 2.74 bits per heavy atom. The molecule has 0 saturated heterocycles. The second-order valence-corrected chi connectivity index (χ2v) is 6.89. The molecule has 0 aliphatic heterocycles. The summed E-state index contributed by atoms with van der Waals surface area (Å²) in [4.78, 5) is 23.5. The molecule has 1 saturated carbocycles. The first-order valence-electron chi connectivity index (χ1n) is 6.27. The maximum atomic E-state index is 12.0. The predicted octanol–water partition coefficient (Wildman–Crippen LogP) is 2.85. The Labute approximate surface area is 120 Å². The van der Waals surface area contributed by atoms with Crippen LogP contribution in [0.1, 0.15) is 45.0 Å². The molecule has 1 aliphatic carbocycles. The SMILES string of the molecule is CSC1CCCC(NC(=O)c2ccc(C(=O)O)s2)C1. The average Bonchev–Trinajstić information content (AvgIpc) is 2.89. The normalized spacial score (nSPS) is 23.0. The summed E-state index contributed by atoms with van der Waals surface area (Å²) in [7, 11) is 0. The van der Waals surface area contributed by atoms with Gasteiger partial charge in [0.15, 0.2) is 0 Å². The van der Waals surface area contributed by atoms with Crippen molar-refractivity contribution >= 4 is 35.0 Å². The highest BCUT2D eigenvalue weighted by Crippen LogP contribution is 2.27. The molecule has 0 aromatic carbocycles. The van der Waals surface area contributed by atoms with Crippen LogP contribution in [-0.4, -0.2) is 34.5 Å². The lowest BCUT2D eigenvalue weighted by Crippen LogP contribution is -2.38. The molecule has 1 heterocycles. The zero-order valence-corrected chi connectivity index (χ0v) is 12.4. The molecule has 6 heteroatoms. The minimum Gasteiger partial charge on any atom is -0.477 e. The average molecular weight is 299 g/mol. The molecule has 1 amide bonds. The van der Waals surface area contributed by atoms with Crippen molar-refractivity contribution in [2.24, 2.45) is 0 Å². The van der Waals surface area contributed by atoms with E-state index in [0.29, 0.717) is 10.1 Å². The Morgan fingerprint density at radius 2 is 2.11 bits per heavy atom. The molecule has 1 aromatic heterocycles. The zero-order valence-electron chi connectivity index (χ0n) is 10.7. The largest absolute Gasteiger partial charge is 0.477 e. The first kappa shape index (κ1) is 14.4. The topological polar surface area (TPSA) is 66.4 Å². The van der Waals surface area contributed by atoms with E-state index in [1.165, 1.54) is 12.5 Å². The quantitative estimate of drug-likeness (QED) is 0.897. The number of hydrogen-bond donors (Lipinski definition) is 2. The Kier molecular flexibility index (Phi) is 4.87. The number of carbonyl (C=O) groups is 2. The molecule has 104 valence electrons. The third kappa shape index (κ3) is 3.73. The van der Waals surface area contributed by atoms with Gasteiger partial charge in [0, 0.05) is 11.3 Å². The number of amides is 1. The van der Waals surface area contributed by atoms with Crippen molar-refractivity contribution in [1.29, 1.82) is 0 Å². The van der Waals surface area contributed by atoms with Crippen molar-refractivity contribution < 1.29 is 14.7 Å². The lowest BCUT2D eigenvalue weighted by atomic mass is 9.95. The number of carboxylic acid groups (broad SMARTS) is 1. The summed E-state index contributed by atoms with van der Waals surface area (Å²) in [5.41, 5.74) is 0. The minimum atomic E-state index is -0.982. The van der Waals surface area contributed by atoms with Gasteiger partial charge < -0.3 is 10.4 Å². The maximum Gasteiger partial charge on any atom is 0.345 e. The summed E-state index contributed by atoms with van der Waals surface area (Å²) < 4.78 is 0. The predicted molar refractivity (Wildman–Crippen MR) is 78.3 cm³/mol. The summed E-state index contributed by atoms with van der Waals surface area (Å²) in [6.45, 7) is 0. The number of rotatable bonds is 4. The molecule has 2 unspecified atom stereocenters. The maximum absolute atomic E-state index is 12.0. The summed E-state index contributed by atoms with van der Waals surface area (Å²) >= 11 is 2.88. The van der Waals surface area contributed by atoms with Crippen molar-refractivity contribution in [3.8, 4) is 0 Å². The number of carbonyl (C=O) groups excluding carboxylic acids is 1. The lowest BCUT2D eigenvalue weighted by molar-refractivity contribution is 0.0702. The van der Waals surface area contributed by atoms with E-state index in [2.05, 4.69) is 11.6 Å². The molecule has 2 atom stereocenters. The Morgan fingerprint density at radius 1 is 1.37 bits per heavy atom. The van der Waals surface area contributed by atoms with Crippen molar-refractivity contribution in [2.45, 2.75) is 37.0 Å². The monoisotopic (exact) mass is 299 g/mol. The van der Waals surface area contributed by atoms with Crippen LogP contribution in [0.3, 0.4) is 0 Å². The van der Waals surface area contributed by atoms with Crippen LogP contribution < -0.4 is 5.32 Å². The number of carboxylic acids is 1. The van der Waals surface area contributed by atoms with Crippen LogP contribution in [0.4, 0.5) is 0 Å². The van der Waals surface area contributed by atoms with E-state index in [1.54, 1.807) is 6.07 Å². The first-order chi connectivity index (χ1) is 9.10. The van der Waals surface area contributed by atoms with Crippen molar-refractivity contribution in [2.75, 3.05) is 6.26 Å². The summed E-state index contributed by atoms with van der Waals surface area (Å²) in [5, 5.41) is 12.5. The summed E-state index contributed by atoms with van der Waals surface area (Å²) in [6.07, 6.45) is 6.48. The molecule has 2 rings (SSSR count). The van der Waals surface area contributed by atoms with Gasteiger partial charge in [-0.1, -0.05) is 6.42 Å². The molecule has 1 fully saturated rings. The van der Waals surface area contributed by atoms with Gasteiger partial charge >= 0.3 is 5.97 Å². The van der Waals surface area contributed by atoms with Crippen LogP contribution >= 0.6 is 23.1 Å². The number of nitrogens with one attached hydrogen (secondary N) is 1. The fourth-order valence-corrected chi connectivity index (χ4v) is 3.90. The molecular weight excluding hydrogens is 282 g/mol. The molecule has 19 heavy (non-hydrogen) atoms. The highest BCUT2D eigenvalue weighted by molar-refractivity contribution is 7.99. The minimum absolute atomic E-state index is 0.149. The molecule has 2 N–H and O–H groups in total. The van der Waals surface area contributed by atoms with Crippen LogP contribution in [0.25, 0.3) is 0 Å². The van der Waals surface area contributed by atoms with Gasteiger partial charge in [-0.05, 0) is 37.7 Å². The van der Waals surface area contributed by atoms with Gasteiger partial charge in [-0.2, -0.15) is 11.8 Å². The summed E-state index contributed by atoms with van der Waals surface area (Å²) in [6, 6.07) is 3.28. The van der Waals surface area contributed by atoms with E-state index >= 15 is 0 Å². The second kappa shape index (κ2) is 6.43. The van der Waals surface area contributed by atoms with Gasteiger partial charge in [-0.3, -0.25) is 4.79 Å². The van der Waals surface area contributed by atoms with E-state index < -0.39 is 5.97 Å². The Bertz CT molecular complexity index is 472. The van der Waals surface area contributed by atoms with Gasteiger partial charge in [0.05, 0.1) is 4.88 Å². The van der Waals surface area contributed by atoms with Gasteiger partial charge in [-0.15, -0.1) is 11.3 Å². The molecule has 1 aromatic rings. The van der Waals surface area contributed by atoms with Crippen LogP contribution in [0.2, 0.25) is 0 Å². The highest BCUT2D eigenvalue weighted by Gasteiger charge is 2.23. The molecule has 4 nitrogen and oxygen atoms in total. The lowest BCUT2D eigenvalue weighted by Gasteiger charge is -2.28. The fourth-order valence-electron chi connectivity index (χ4n) is 2.32. The standard InChI is InChI=1S/C13H17NO3S2/c1-18-9-4-2-3-8(7-9)14-12(15)10-5-6-11(19-10)13(16)17/h5-6,8-9H,2-4,7H2,1H3,(H,14,15)(H,16,17). The highest BCUT2D eigenvalue weighted by atomic mass is 32.2. The smallest absolute Gasteiger partial charge is 0.345 e. The summed E-state index contributed by atoms with van der Waals surface area (Å²) in [5.74, 6) is -1.13. The van der Waals surface area contributed by atoms with Crippen molar-refractivity contribution in [1.82, 2.24) is 5.32 Å². The number of hydrogen-bond acceptors (Lipinski definition) is 4. The van der Waals surface area contributed by atoms with Crippen molar-refractivity contribution in [3.63, 3.8) is 0 Å². The van der Waals surface area contributed by atoms with Crippen LogP contribution in [0.5, 0.6) is 0 Å². The van der Waals surface area contributed by atoms with Gasteiger partial charge in [0.2, 0.25) is 0 Å². The third-order valence-electron chi connectivity index (χ3n) is 3.34. The van der Waals surface area contributed by atoms with E-state index in [0.717, 1.165) is 30.6 Å². The van der Waals surface area contributed by atoms with E-state index in [1.807, 2.05) is 11.8 Å². The van der Waals surface area contributed by atoms with Crippen LogP contribution in [0, 0.1) is 0 Å². The molecule has 0 bridgehead atoms. The molecule has 0 radical (unpaired) electrons. The molecule has 0 spiro atoms. The van der Waals surface area contributed by atoms with E-state index in [-0.39, 0.29) is 16.8 Å². The third-order valence-corrected chi connectivity index (χ3v) is 5.50. The Hall–Kier alpha value is -1.01.